The van der Waals surface area contributed by atoms with Crippen molar-refractivity contribution in [2.45, 2.75) is 31.5 Å². The summed E-state index contributed by atoms with van der Waals surface area (Å²) >= 11 is 11.9. The van der Waals surface area contributed by atoms with Crippen LogP contribution < -0.4 is 0 Å². The number of alkyl halides is 1. The molecule has 0 N–H and O–H groups in total. The summed E-state index contributed by atoms with van der Waals surface area (Å²) in [5.74, 6) is -0.567. The van der Waals surface area contributed by atoms with E-state index in [1.54, 1.807) is 24.3 Å². The number of rotatable bonds is 5. The second-order valence-corrected chi connectivity index (χ2v) is 7.48. The lowest BCUT2D eigenvalue weighted by atomic mass is 10.1. The summed E-state index contributed by atoms with van der Waals surface area (Å²) in [6.07, 6.45) is -3.11. The number of benzene rings is 1. The predicted octanol–water partition coefficient (Wildman–Crippen LogP) is 3.55. The van der Waals surface area contributed by atoms with Crippen molar-refractivity contribution in [3.63, 3.8) is 0 Å². The van der Waals surface area contributed by atoms with Crippen molar-refractivity contribution in [1.82, 2.24) is 19.5 Å². The Labute approximate surface area is 180 Å². The average molecular weight is 455 g/mol. The third-order valence-electron chi connectivity index (χ3n) is 4.83. The molecule has 0 saturated carbocycles. The number of aryl methyl sites for hydroxylation is 1. The number of methoxy groups -OCH3 is 1. The first-order valence-electron chi connectivity index (χ1n) is 9.00. The fraction of sp³-hybridized carbons (Fsp3) is 0.368. The van der Waals surface area contributed by atoms with Gasteiger partial charge in [0.15, 0.2) is 23.2 Å². The number of halogens is 3. The summed E-state index contributed by atoms with van der Waals surface area (Å²) in [6, 6.07) is 6.87. The van der Waals surface area contributed by atoms with Crippen molar-refractivity contribution >= 4 is 40.3 Å². The summed E-state index contributed by atoms with van der Waals surface area (Å²) in [7, 11) is 1.36. The van der Waals surface area contributed by atoms with E-state index in [1.807, 2.05) is 6.92 Å². The van der Waals surface area contributed by atoms with Gasteiger partial charge in [-0.3, -0.25) is 4.57 Å². The molecule has 0 aliphatic carbocycles. The van der Waals surface area contributed by atoms with E-state index in [-0.39, 0.29) is 22.7 Å². The van der Waals surface area contributed by atoms with E-state index in [9.17, 15) is 9.18 Å². The van der Waals surface area contributed by atoms with Crippen LogP contribution in [0.2, 0.25) is 10.4 Å². The zero-order valence-electron chi connectivity index (χ0n) is 16.0. The van der Waals surface area contributed by atoms with E-state index >= 15 is 0 Å². The van der Waals surface area contributed by atoms with E-state index in [1.165, 1.54) is 18.0 Å². The van der Waals surface area contributed by atoms with Crippen molar-refractivity contribution in [2.24, 2.45) is 0 Å². The van der Waals surface area contributed by atoms with E-state index in [4.69, 9.17) is 37.4 Å². The van der Waals surface area contributed by atoms with Gasteiger partial charge in [-0.05, 0) is 30.7 Å². The maximum absolute atomic E-state index is 15.0. The van der Waals surface area contributed by atoms with Crippen LogP contribution in [0.15, 0.2) is 30.6 Å². The third kappa shape index (κ3) is 3.85. The van der Waals surface area contributed by atoms with Gasteiger partial charge in [-0.15, -0.1) is 0 Å². The Morgan fingerprint density at radius 2 is 2.00 bits per heavy atom. The molecule has 1 aliphatic rings. The molecular weight excluding hydrogens is 438 g/mol. The highest BCUT2D eigenvalue weighted by atomic mass is 35.5. The van der Waals surface area contributed by atoms with Gasteiger partial charge in [-0.25, -0.2) is 19.2 Å². The highest BCUT2D eigenvalue weighted by Gasteiger charge is 2.47. The number of esters is 1. The molecule has 11 heteroatoms. The molecule has 3 aromatic rings. The summed E-state index contributed by atoms with van der Waals surface area (Å²) in [5.41, 5.74) is 1.95. The average Bonchev–Trinajstić information content (AvgIpc) is 3.27. The third-order valence-corrected chi connectivity index (χ3v) is 5.26. The van der Waals surface area contributed by atoms with Crippen molar-refractivity contribution in [2.75, 3.05) is 13.7 Å². The van der Waals surface area contributed by atoms with Gasteiger partial charge in [-0.2, -0.15) is 4.98 Å². The van der Waals surface area contributed by atoms with E-state index in [0.717, 1.165) is 5.56 Å². The van der Waals surface area contributed by atoms with E-state index in [2.05, 4.69) is 15.0 Å². The van der Waals surface area contributed by atoms with Gasteiger partial charge < -0.3 is 14.2 Å². The van der Waals surface area contributed by atoms with Crippen LogP contribution in [0.1, 0.15) is 22.1 Å². The van der Waals surface area contributed by atoms with Crippen LogP contribution in [0.25, 0.3) is 11.2 Å². The summed E-state index contributed by atoms with van der Waals surface area (Å²) in [6.45, 7) is 1.62. The number of carbonyl (C=O) groups excluding carboxylic acids is 1. The monoisotopic (exact) mass is 454 g/mol. The molecule has 158 valence electrons. The van der Waals surface area contributed by atoms with Crippen LogP contribution in [0, 0.1) is 6.92 Å². The first-order chi connectivity index (χ1) is 14.4. The Morgan fingerprint density at radius 1 is 1.27 bits per heavy atom. The lowest BCUT2D eigenvalue weighted by Gasteiger charge is -2.19. The molecule has 0 radical (unpaired) electrons. The SMILES string of the molecule is CO[C@@H]1[C@H](F)[C@@H](COC(=O)c2ccc(C)cc2)O[C@H]1n1cnc2c(Cl)nc(Cl)nc21. The van der Waals surface area contributed by atoms with Gasteiger partial charge in [-0.1, -0.05) is 29.3 Å². The zero-order valence-corrected chi connectivity index (χ0v) is 17.5. The Morgan fingerprint density at radius 3 is 2.70 bits per heavy atom. The molecule has 0 bridgehead atoms. The standard InChI is InChI=1S/C19H17Cl2FN4O4/c1-9-3-5-10(6-4-9)18(27)29-7-11-12(22)14(28-2)17(30-11)26-8-23-13-15(20)24-19(21)25-16(13)26/h3-6,8,11-12,14,17H,7H2,1-2H3/t11-,12-,14-,17-/m1/s1. The molecule has 0 unspecified atom stereocenters. The highest BCUT2D eigenvalue weighted by Crippen LogP contribution is 2.36. The minimum absolute atomic E-state index is 0.0658. The van der Waals surface area contributed by atoms with Crippen LogP contribution in [0.5, 0.6) is 0 Å². The van der Waals surface area contributed by atoms with Gasteiger partial charge in [0.05, 0.1) is 11.9 Å². The molecule has 2 aromatic heterocycles. The fourth-order valence-corrected chi connectivity index (χ4v) is 3.70. The molecule has 1 aromatic carbocycles. The van der Waals surface area contributed by atoms with Crippen LogP contribution in [0.4, 0.5) is 4.39 Å². The molecular formula is C19H17Cl2FN4O4. The molecule has 3 heterocycles. The molecule has 1 aliphatic heterocycles. The van der Waals surface area contributed by atoms with Crippen molar-refractivity contribution in [3.8, 4) is 0 Å². The number of ether oxygens (including phenoxy) is 3. The number of carbonyl (C=O) groups is 1. The zero-order chi connectivity index (χ0) is 21.4. The van der Waals surface area contributed by atoms with Crippen LogP contribution in [-0.4, -0.2) is 57.6 Å². The first-order valence-corrected chi connectivity index (χ1v) is 9.76. The van der Waals surface area contributed by atoms with Crippen molar-refractivity contribution in [1.29, 1.82) is 0 Å². The van der Waals surface area contributed by atoms with E-state index < -0.39 is 30.6 Å². The second-order valence-electron chi connectivity index (χ2n) is 6.78. The Bertz CT molecular complexity index is 1080. The molecule has 1 fully saturated rings. The predicted molar refractivity (Wildman–Crippen MR) is 106 cm³/mol. The van der Waals surface area contributed by atoms with E-state index in [0.29, 0.717) is 11.1 Å². The largest absolute Gasteiger partial charge is 0.459 e. The van der Waals surface area contributed by atoms with Crippen molar-refractivity contribution in [3.05, 3.63) is 52.2 Å². The molecule has 0 amide bonds. The van der Waals surface area contributed by atoms with Crippen LogP contribution in [-0.2, 0) is 14.2 Å². The Kier molecular flexibility index (Phi) is 5.88. The van der Waals surface area contributed by atoms with Crippen LogP contribution in [0.3, 0.4) is 0 Å². The minimum atomic E-state index is -1.56. The summed E-state index contributed by atoms with van der Waals surface area (Å²) in [4.78, 5) is 24.3. The minimum Gasteiger partial charge on any atom is -0.459 e. The lowest BCUT2D eigenvalue weighted by molar-refractivity contribution is -0.0616. The second kappa shape index (κ2) is 8.43. The molecule has 8 nitrogen and oxygen atoms in total. The maximum atomic E-state index is 15.0. The van der Waals surface area contributed by atoms with Crippen molar-refractivity contribution < 1.29 is 23.4 Å². The summed E-state index contributed by atoms with van der Waals surface area (Å²) in [5, 5.41) is -0.0160. The Balaban J connectivity index is 1.53. The van der Waals surface area contributed by atoms with Crippen LogP contribution >= 0.6 is 23.2 Å². The van der Waals surface area contributed by atoms with Gasteiger partial charge in [0.1, 0.15) is 24.3 Å². The molecule has 4 atom stereocenters. The highest BCUT2D eigenvalue weighted by molar-refractivity contribution is 6.35. The maximum Gasteiger partial charge on any atom is 0.338 e. The number of hydrogen-bond acceptors (Lipinski definition) is 7. The number of fused-ring (bicyclic) bond motifs is 1. The molecule has 4 rings (SSSR count). The fourth-order valence-electron chi connectivity index (χ4n) is 3.28. The van der Waals surface area contributed by atoms with Gasteiger partial charge in [0.2, 0.25) is 5.28 Å². The number of imidazole rings is 1. The van der Waals surface area contributed by atoms with Gasteiger partial charge >= 0.3 is 5.97 Å². The summed E-state index contributed by atoms with van der Waals surface area (Å²) < 4.78 is 32.8. The number of aromatic nitrogens is 4. The Hall–Kier alpha value is -2.33. The lowest BCUT2D eigenvalue weighted by Crippen LogP contribution is -2.32. The molecule has 1 saturated heterocycles. The topological polar surface area (TPSA) is 88.4 Å². The first kappa shape index (κ1) is 20.9. The quantitative estimate of drug-likeness (QED) is 0.330. The number of hydrogen-bond donors (Lipinski definition) is 0. The van der Waals surface area contributed by atoms with Gasteiger partial charge in [0, 0.05) is 7.11 Å². The normalized spacial score (nSPS) is 23.8. The molecule has 30 heavy (non-hydrogen) atoms. The van der Waals surface area contributed by atoms with Gasteiger partial charge in [0.25, 0.3) is 0 Å². The molecule has 0 spiro atoms. The smallest absolute Gasteiger partial charge is 0.338 e. The number of nitrogens with zero attached hydrogens (tertiary/aromatic N) is 4.